The third kappa shape index (κ3) is 2.80. The molecule has 1 heterocycles. The second-order valence-electron chi connectivity index (χ2n) is 6.78. The first-order chi connectivity index (χ1) is 13.7. The molecule has 5 rings (SSSR count). The van der Waals surface area contributed by atoms with Crippen molar-refractivity contribution in [3.63, 3.8) is 0 Å². The highest BCUT2D eigenvalue weighted by Crippen LogP contribution is 2.33. The summed E-state index contributed by atoms with van der Waals surface area (Å²) in [6.45, 7) is 0. The number of terminal acetylenes is 1. The largest absolute Gasteiger partial charge is 0.309 e. The molecular formula is C26H16IN. The monoisotopic (exact) mass is 469 g/mol. The van der Waals surface area contributed by atoms with E-state index in [-0.39, 0.29) is 0 Å². The average molecular weight is 469 g/mol. The van der Waals surface area contributed by atoms with Crippen LogP contribution in [0.4, 0.5) is 0 Å². The molecule has 4 aromatic carbocycles. The number of hydrogen-bond acceptors (Lipinski definition) is 0. The Labute approximate surface area is 177 Å². The maximum Gasteiger partial charge on any atom is 0.0541 e. The van der Waals surface area contributed by atoms with E-state index in [1.54, 1.807) is 0 Å². The van der Waals surface area contributed by atoms with E-state index in [1.165, 1.54) is 36.5 Å². The topological polar surface area (TPSA) is 4.93 Å². The number of rotatable bonds is 2. The quantitative estimate of drug-likeness (QED) is 0.193. The molecule has 0 bridgehead atoms. The molecule has 0 saturated carbocycles. The van der Waals surface area contributed by atoms with Crippen LogP contribution in [0.5, 0.6) is 0 Å². The Morgan fingerprint density at radius 2 is 1.32 bits per heavy atom. The van der Waals surface area contributed by atoms with Gasteiger partial charge in [0.05, 0.1) is 11.0 Å². The van der Waals surface area contributed by atoms with E-state index in [0.717, 1.165) is 11.3 Å². The molecule has 0 spiro atoms. The molecule has 0 aliphatic carbocycles. The Hall–Kier alpha value is -3.03. The standard InChI is InChI=1S/C26H16IN/c1-2-18-7-16-26-24(17-18)23-5-3-4-6-25(23)28(26)22-14-10-20(11-15-22)19-8-12-21(27)13-9-19/h1,3-17H. The maximum absolute atomic E-state index is 5.63. The van der Waals surface area contributed by atoms with E-state index in [4.69, 9.17) is 6.42 Å². The van der Waals surface area contributed by atoms with Gasteiger partial charge in [-0.25, -0.2) is 0 Å². The Bertz CT molecular complexity index is 1350. The lowest BCUT2D eigenvalue weighted by Crippen LogP contribution is -1.93. The second-order valence-corrected chi connectivity index (χ2v) is 8.03. The van der Waals surface area contributed by atoms with Crippen molar-refractivity contribution in [1.29, 1.82) is 0 Å². The minimum Gasteiger partial charge on any atom is -0.309 e. The van der Waals surface area contributed by atoms with E-state index in [1.807, 2.05) is 6.07 Å². The Kier molecular flexibility index (Phi) is 4.18. The van der Waals surface area contributed by atoms with Crippen LogP contribution in [0.25, 0.3) is 38.6 Å². The van der Waals surface area contributed by atoms with Gasteiger partial charge in [-0.1, -0.05) is 48.4 Å². The minimum absolute atomic E-state index is 0.907. The molecule has 0 saturated heterocycles. The number of halogens is 1. The highest BCUT2D eigenvalue weighted by molar-refractivity contribution is 14.1. The van der Waals surface area contributed by atoms with Crippen molar-refractivity contribution in [2.24, 2.45) is 0 Å². The van der Waals surface area contributed by atoms with Crippen LogP contribution in [0.3, 0.4) is 0 Å². The Morgan fingerprint density at radius 1 is 0.679 bits per heavy atom. The predicted octanol–water partition coefficient (Wildman–Crippen LogP) is 7.04. The van der Waals surface area contributed by atoms with Crippen LogP contribution < -0.4 is 0 Å². The number of hydrogen-bond donors (Lipinski definition) is 0. The van der Waals surface area contributed by atoms with Gasteiger partial charge >= 0.3 is 0 Å². The lowest BCUT2D eigenvalue weighted by Gasteiger charge is -2.09. The van der Waals surface area contributed by atoms with E-state index in [0.29, 0.717) is 0 Å². The first-order valence-electron chi connectivity index (χ1n) is 9.11. The molecule has 0 atom stereocenters. The van der Waals surface area contributed by atoms with E-state index in [2.05, 4.69) is 118 Å². The van der Waals surface area contributed by atoms with Gasteiger partial charge < -0.3 is 4.57 Å². The summed E-state index contributed by atoms with van der Waals surface area (Å²) >= 11 is 2.33. The normalized spacial score (nSPS) is 11.0. The zero-order valence-electron chi connectivity index (χ0n) is 15.1. The summed E-state index contributed by atoms with van der Waals surface area (Å²) in [6, 6.07) is 32.1. The maximum atomic E-state index is 5.63. The average Bonchev–Trinajstić information content (AvgIpc) is 3.08. The van der Waals surface area contributed by atoms with E-state index in [9.17, 15) is 0 Å². The third-order valence-corrected chi connectivity index (χ3v) is 5.86. The summed E-state index contributed by atoms with van der Waals surface area (Å²) in [4.78, 5) is 0. The molecule has 2 heteroatoms. The summed E-state index contributed by atoms with van der Waals surface area (Å²) in [6.07, 6.45) is 5.63. The number of aromatic nitrogens is 1. The van der Waals surface area contributed by atoms with Gasteiger partial charge in [0.25, 0.3) is 0 Å². The molecule has 5 aromatic rings. The highest BCUT2D eigenvalue weighted by Gasteiger charge is 2.12. The van der Waals surface area contributed by atoms with Crippen molar-refractivity contribution in [3.8, 4) is 29.2 Å². The van der Waals surface area contributed by atoms with Gasteiger partial charge in [-0.3, -0.25) is 0 Å². The number of para-hydroxylation sites is 1. The second kappa shape index (κ2) is 6.85. The Morgan fingerprint density at radius 3 is 2.04 bits per heavy atom. The van der Waals surface area contributed by atoms with Gasteiger partial charge in [-0.2, -0.15) is 0 Å². The predicted molar refractivity (Wildman–Crippen MR) is 127 cm³/mol. The minimum atomic E-state index is 0.907. The molecule has 0 unspecified atom stereocenters. The molecule has 1 nitrogen and oxygen atoms in total. The summed E-state index contributed by atoms with van der Waals surface area (Å²) in [7, 11) is 0. The molecule has 0 aliphatic rings. The molecule has 0 amide bonds. The smallest absolute Gasteiger partial charge is 0.0541 e. The number of benzene rings is 4. The summed E-state index contributed by atoms with van der Waals surface area (Å²) < 4.78 is 3.55. The van der Waals surface area contributed by atoms with Gasteiger partial charge in [-0.15, -0.1) is 6.42 Å². The molecule has 0 aliphatic heterocycles. The Balaban J connectivity index is 1.70. The fraction of sp³-hybridized carbons (Fsp3) is 0. The highest BCUT2D eigenvalue weighted by atomic mass is 127. The van der Waals surface area contributed by atoms with Gasteiger partial charge in [0, 0.05) is 25.6 Å². The summed E-state index contributed by atoms with van der Waals surface area (Å²) in [5, 5.41) is 2.41. The molecule has 0 N–H and O–H groups in total. The zero-order chi connectivity index (χ0) is 19.1. The van der Waals surface area contributed by atoms with Crippen molar-refractivity contribution >= 4 is 44.4 Å². The lowest BCUT2D eigenvalue weighted by molar-refractivity contribution is 1.18. The van der Waals surface area contributed by atoms with Crippen LogP contribution in [0.1, 0.15) is 5.56 Å². The summed E-state index contributed by atoms with van der Waals surface area (Å²) in [5.74, 6) is 2.75. The van der Waals surface area contributed by atoms with Crippen LogP contribution >= 0.6 is 22.6 Å². The van der Waals surface area contributed by atoms with Crippen LogP contribution in [0, 0.1) is 15.9 Å². The summed E-state index contributed by atoms with van der Waals surface area (Å²) in [5.41, 5.74) is 6.86. The van der Waals surface area contributed by atoms with Gasteiger partial charge in [0.2, 0.25) is 0 Å². The van der Waals surface area contributed by atoms with Crippen molar-refractivity contribution in [3.05, 3.63) is 100 Å². The molecule has 1 aromatic heterocycles. The first-order valence-corrected chi connectivity index (χ1v) is 10.2. The third-order valence-electron chi connectivity index (χ3n) is 5.14. The fourth-order valence-electron chi connectivity index (χ4n) is 3.79. The van der Waals surface area contributed by atoms with Crippen molar-refractivity contribution in [2.75, 3.05) is 0 Å². The molecular weight excluding hydrogens is 453 g/mol. The first kappa shape index (κ1) is 17.1. The molecule has 132 valence electrons. The molecule has 0 radical (unpaired) electrons. The van der Waals surface area contributed by atoms with Crippen molar-refractivity contribution in [2.45, 2.75) is 0 Å². The van der Waals surface area contributed by atoms with Crippen molar-refractivity contribution < 1.29 is 0 Å². The van der Waals surface area contributed by atoms with Gasteiger partial charge in [0.1, 0.15) is 0 Å². The van der Waals surface area contributed by atoms with Crippen molar-refractivity contribution in [1.82, 2.24) is 4.57 Å². The van der Waals surface area contributed by atoms with Gasteiger partial charge in [0.15, 0.2) is 0 Å². The van der Waals surface area contributed by atoms with Crippen LogP contribution in [-0.2, 0) is 0 Å². The van der Waals surface area contributed by atoms with Crippen LogP contribution in [0.15, 0.2) is 91.0 Å². The van der Waals surface area contributed by atoms with E-state index >= 15 is 0 Å². The molecule has 28 heavy (non-hydrogen) atoms. The van der Waals surface area contributed by atoms with Gasteiger partial charge in [-0.05, 0) is 82.2 Å². The zero-order valence-corrected chi connectivity index (χ0v) is 17.2. The van der Waals surface area contributed by atoms with E-state index < -0.39 is 0 Å². The fourth-order valence-corrected chi connectivity index (χ4v) is 4.15. The van der Waals surface area contributed by atoms with Crippen LogP contribution in [-0.4, -0.2) is 4.57 Å². The van der Waals surface area contributed by atoms with Crippen LogP contribution in [0.2, 0.25) is 0 Å². The number of fused-ring (bicyclic) bond motifs is 3. The molecule has 0 fully saturated rings. The SMILES string of the molecule is C#Cc1ccc2c(c1)c1ccccc1n2-c1ccc(-c2ccc(I)cc2)cc1. The lowest BCUT2D eigenvalue weighted by atomic mass is 10.1. The number of nitrogens with zero attached hydrogens (tertiary/aromatic N) is 1.